The van der Waals surface area contributed by atoms with Gasteiger partial charge in [0.1, 0.15) is 0 Å². The lowest BCUT2D eigenvalue weighted by molar-refractivity contribution is -0.137. The zero-order valence-electron chi connectivity index (χ0n) is 23.8. The molecule has 0 radical (unpaired) electrons. The molecule has 8 nitrogen and oxygen atoms in total. The second-order valence-corrected chi connectivity index (χ2v) is 12.6. The largest absolute Gasteiger partial charge is 0.337 e. The SMILES string of the molecule is CCC(CC(=O)N1CCN(CC(=O)Nc2cccc(NS(C)(=O)=O)c2)CC1Cc1ccccc1)Cc1ccccc1. The first-order valence-electron chi connectivity index (χ1n) is 14.2. The van der Waals surface area contributed by atoms with Crippen LogP contribution in [0, 0.1) is 5.92 Å². The van der Waals surface area contributed by atoms with Gasteiger partial charge in [0.25, 0.3) is 0 Å². The Morgan fingerprint density at radius 1 is 0.902 bits per heavy atom. The number of amides is 2. The number of hydrogen-bond acceptors (Lipinski definition) is 5. The minimum Gasteiger partial charge on any atom is -0.337 e. The summed E-state index contributed by atoms with van der Waals surface area (Å²) in [6.45, 7) is 4.10. The van der Waals surface area contributed by atoms with Gasteiger partial charge < -0.3 is 10.2 Å². The van der Waals surface area contributed by atoms with E-state index in [0.29, 0.717) is 37.4 Å². The van der Waals surface area contributed by atoms with Gasteiger partial charge in [-0.25, -0.2) is 8.42 Å². The molecular formula is C32H40N4O4S. The third-order valence-electron chi connectivity index (χ3n) is 7.43. The van der Waals surface area contributed by atoms with Crippen molar-refractivity contribution in [1.29, 1.82) is 0 Å². The van der Waals surface area contributed by atoms with Crippen molar-refractivity contribution >= 4 is 33.2 Å². The van der Waals surface area contributed by atoms with E-state index in [0.717, 1.165) is 31.1 Å². The first kappa shape index (κ1) is 30.3. The predicted octanol–water partition coefficient (Wildman–Crippen LogP) is 4.41. The Kier molecular flexibility index (Phi) is 10.5. The number of carbonyl (C=O) groups excluding carboxylic acids is 2. The number of rotatable bonds is 12. The van der Waals surface area contributed by atoms with Crippen LogP contribution in [-0.2, 0) is 32.5 Å². The number of nitrogens with zero attached hydrogens (tertiary/aromatic N) is 2. The quantitative estimate of drug-likeness (QED) is 0.333. The molecular weight excluding hydrogens is 536 g/mol. The number of piperazine rings is 1. The molecule has 1 fully saturated rings. The van der Waals surface area contributed by atoms with Crippen LogP contribution < -0.4 is 10.0 Å². The average Bonchev–Trinajstić information content (AvgIpc) is 2.93. The Balaban J connectivity index is 1.40. The average molecular weight is 577 g/mol. The summed E-state index contributed by atoms with van der Waals surface area (Å²) in [4.78, 5) is 30.7. The zero-order chi connectivity index (χ0) is 29.2. The molecule has 2 N–H and O–H groups in total. The molecule has 2 amide bonds. The van der Waals surface area contributed by atoms with Gasteiger partial charge in [-0.05, 0) is 48.1 Å². The summed E-state index contributed by atoms with van der Waals surface area (Å²) in [5, 5.41) is 2.87. The van der Waals surface area contributed by atoms with Crippen LogP contribution >= 0.6 is 0 Å². The molecule has 0 saturated carbocycles. The molecule has 4 rings (SSSR count). The minimum absolute atomic E-state index is 0.0389. The zero-order valence-corrected chi connectivity index (χ0v) is 24.6. The van der Waals surface area contributed by atoms with Crippen molar-refractivity contribution in [2.24, 2.45) is 5.92 Å². The topological polar surface area (TPSA) is 98.8 Å². The van der Waals surface area contributed by atoms with Crippen molar-refractivity contribution in [2.45, 2.75) is 38.6 Å². The molecule has 1 aliphatic heterocycles. The lowest BCUT2D eigenvalue weighted by Crippen LogP contribution is -2.57. The second kappa shape index (κ2) is 14.3. The molecule has 0 aromatic heterocycles. The van der Waals surface area contributed by atoms with Crippen molar-refractivity contribution < 1.29 is 18.0 Å². The van der Waals surface area contributed by atoms with E-state index in [1.807, 2.05) is 41.3 Å². The van der Waals surface area contributed by atoms with E-state index in [2.05, 4.69) is 46.1 Å². The summed E-state index contributed by atoms with van der Waals surface area (Å²) in [7, 11) is -3.42. The van der Waals surface area contributed by atoms with Crippen LogP contribution in [0.5, 0.6) is 0 Å². The molecule has 0 spiro atoms. The summed E-state index contributed by atoms with van der Waals surface area (Å²) in [5.74, 6) is 0.265. The maximum Gasteiger partial charge on any atom is 0.238 e. The first-order chi connectivity index (χ1) is 19.7. The lowest BCUT2D eigenvalue weighted by atomic mass is 9.92. The first-order valence-corrected chi connectivity index (χ1v) is 16.0. The molecule has 2 unspecified atom stereocenters. The number of nitrogens with one attached hydrogen (secondary N) is 2. The van der Waals surface area contributed by atoms with Crippen LogP contribution in [0.4, 0.5) is 11.4 Å². The van der Waals surface area contributed by atoms with Gasteiger partial charge in [-0.1, -0.05) is 80.1 Å². The molecule has 3 aromatic rings. The Morgan fingerprint density at radius 3 is 2.22 bits per heavy atom. The summed E-state index contributed by atoms with van der Waals surface area (Å²) in [6.07, 6.45) is 4.13. The van der Waals surface area contributed by atoms with E-state index in [4.69, 9.17) is 0 Å². The molecule has 9 heteroatoms. The van der Waals surface area contributed by atoms with Crippen molar-refractivity contribution in [1.82, 2.24) is 9.80 Å². The predicted molar refractivity (Wildman–Crippen MR) is 164 cm³/mol. The number of sulfonamides is 1. The normalized spacial score (nSPS) is 16.6. The fraction of sp³-hybridized carbons (Fsp3) is 0.375. The highest BCUT2D eigenvalue weighted by Crippen LogP contribution is 2.22. The molecule has 1 saturated heterocycles. The van der Waals surface area contributed by atoms with Gasteiger partial charge in [-0.2, -0.15) is 0 Å². The molecule has 1 heterocycles. The van der Waals surface area contributed by atoms with Crippen LogP contribution in [0.1, 0.15) is 30.9 Å². The van der Waals surface area contributed by atoms with Gasteiger partial charge in [-0.3, -0.25) is 19.2 Å². The maximum atomic E-state index is 13.6. The third-order valence-corrected chi connectivity index (χ3v) is 8.03. The van der Waals surface area contributed by atoms with E-state index in [9.17, 15) is 18.0 Å². The summed E-state index contributed by atoms with van der Waals surface area (Å²) in [5.41, 5.74) is 3.31. The smallest absolute Gasteiger partial charge is 0.238 e. The Labute approximate surface area is 243 Å². The third kappa shape index (κ3) is 9.72. The van der Waals surface area contributed by atoms with Crippen molar-refractivity contribution in [3.8, 4) is 0 Å². The number of carbonyl (C=O) groups is 2. The fourth-order valence-corrected chi connectivity index (χ4v) is 5.96. The van der Waals surface area contributed by atoms with Gasteiger partial charge in [0.15, 0.2) is 0 Å². The molecule has 0 aliphatic carbocycles. The highest BCUT2D eigenvalue weighted by Gasteiger charge is 2.32. The van der Waals surface area contributed by atoms with Crippen molar-refractivity contribution in [3.05, 3.63) is 96.1 Å². The van der Waals surface area contributed by atoms with Crippen LogP contribution in [0.25, 0.3) is 0 Å². The summed E-state index contributed by atoms with van der Waals surface area (Å²) >= 11 is 0. The van der Waals surface area contributed by atoms with Crippen molar-refractivity contribution in [2.75, 3.05) is 42.5 Å². The van der Waals surface area contributed by atoms with E-state index >= 15 is 0 Å². The fourth-order valence-electron chi connectivity index (χ4n) is 5.40. The number of hydrogen-bond donors (Lipinski definition) is 2. The molecule has 1 aliphatic rings. The lowest BCUT2D eigenvalue weighted by Gasteiger charge is -2.42. The monoisotopic (exact) mass is 576 g/mol. The second-order valence-electron chi connectivity index (χ2n) is 10.8. The highest BCUT2D eigenvalue weighted by molar-refractivity contribution is 7.92. The Morgan fingerprint density at radius 2 is 1.56 bits per heavy atom. The summed E-state index contributed by atoms with van der Waals surface area (Å²) in [6, 6.07) is 27.1. The van der Waals surface area contributed by atoms with E-state index in [1.54, 1.807) is 24.3 Å². The Bertz CT molecular complexity index is 1400. The number of benzene rings is 3. The molecule has 2 atom stereocenters. The maximum absolute atomic E-state index is 13.6. The van der Waals surface area contributed by atoms with Crippen LogP contribution in [0.3, 0.4) is 0 Å². The van der Waals surface area contributed by atoms with Gasteiger partial charge in [0.2, 0.25) is 21.8 Å². The van der Waals surface area contributed by atoms with Gasteiger partial charge in [-0.15, -0.1) is 0 Å². The van der Waals surface area contributed by atoms with E-state index in [1.165, 1.54) is 5.56 Å². The van der Waals surface area contributed by atoms with Gasteiger partial charge >= 0.3 is 0 Å². The van der Waals surface area contributed by atoms with Crippen LogP contribution in [0.2, 0.25) is 0 Å². The van der Waals surface area contributed by atoms with Gasteiger partial charge in [0, 0.05) is 37.8 Å². The van der Waals surface area contributed by atoms with Crippen molar-refractivity contribution in [3.63, 3.8) is 0 Å². The van der Waals surface area contributed by atoms with Gasteiger partial charge in [0.05, 0.1) is 18.5 Å². The van der Waals surface area contributed by atoms with Crippen LogP contribution in [0.15, 0.2) is 84.9 Å². The highest BCUT2D eigenvalue weighted by atomic mass is 32.2. The molecule has 218 valence electrons. The number of anilines is 2. The Hall–Kier alpha value is -3.69. The van der Waals surface area contributed by atoms with Crippen LogP contribution in [-0.4, -0.2) is 68.5 Å². The minimum atomic E-state index is -3.42. The van der Waals surface area contributed by atoms with E-state index in [-0.39, 0.29) is 30.3 Å². The molecule has 3 aromatic carbocycles. The molecule has 41 heavy (non-hydrogen) atoms. The standard InChI is InChI=1S/C32H40N4O4S/c1-3-25(19-26-11-6-4-7-12-26)21-32(38)36-18-17-35(23-30(36)20-27-13-8-5-9-14-27)24-31(37)33-28-15-10-16-29(22-28)34-41(2,39)40/h4-16,22,25,30,34H,3,17-21,23-24H2,1-2H3,(H,33,37). The molecule has 0 bridgehead atoms. The van der Waals surface area contributed by atoms with E-state index < -0.39 is 10.0 Å². The summed E-state index contributed by atoms with van der Waals surface area (Å²) < 4.78 is 25.5.